The molecule has 0 amide bonds. The average molecular weight is 271 g/mol. The topological polar surface area (TPSA) is 38.9 Å². The Kier molecular flexibility index (Phi) is 3.76. The second-order valence-electron chi connectivity index (χ2n) is 3.86. The highest BCUT2D eigenvalue weighted by molar-refractivity contribution is 7.09. The molecule has 5 heteroatoms. The highest BCUT2D eigenvalue weighted by Crippen LogP contribution is 2.23. The van der Waals surface area contributed by atoms with Crippen LogP contribution < -0.4 is 5.73 Å². The number of halogens is 2. The fraction of sp³-hybridized carbons (Fsp3) is 0.250. The van der Waals surface area contributed by atoms with Crippen LogP contribution in [-0.4, -0.2) is 4.98 Å². The van der Waals surface area contributed by atoms with E-state index < -0.39 is 6.04 Å². The summed E-state index contributed by atoms with van der Waals surface area (Å²) >= 11 is 7.24. The lowest BCUT2D eigenvalue weighted by Crippen LogP contribution is -2.14. The van der Waals surface area contributed by atoms with Gasteiger partial charge in [0.2, 0.25) is 0 Å². The van der Waals surface area contributed by atoms with E-state index in [4.69, 9.17) is 17.3 Å². The highest BCUT2D eigenvalue weighted by Gasteiger charge is 2.14. The summed E-state index contributed by atoms with van der Waals surface area (Å²) in [5.74, 6) is -0.363. The Morgan fingerprint density at radius 1 is 1.53 bits per heavy atom. The lowest BCUT2D eigenvalue weighted by Gasteiger charge is -2.11. The number of aryl methyl sites for hydroxylation is 1. The Labute approximate surface area is 108 Å². The molecule has 17 heavy (non-hydrogen) atoms. The zero-order chi connectivity index (χ0) is 12.4. The molecule has 1 aromatic carbocycles. The number of nitrogens with zero attached hydrogens (tertiary/aromatic N) is 1. The van der Waals surface area contributed by atoms with Crippen molar-refractivity contribution >= 4 is 22.9 Å². The standard InChI is InChI=1S/C12H12ClFN2S/c1-7-6-17-12(16-7)5-11(15)9-3-2-8(13)4-10(9)14/h2-4,6,11H,5,15H2,1H3. The Morgan fingerprint density at radius 2 is 2.29 bits per heavy atom. The van der Waals surface area contributed by atoms with Gasteiger partial charge in [-0.25, -0.2) is 9.37 Å². The van der Waals surface area contributed by atoms with E-state index >= 15 is 0 Å². The smallest absolute Gasteiger partial charge is 0.129 e. The second kappa shape index (κ2) is 5.12. The fourth-order valence-corrected chi connectivity index (χ4v) is 2.59. The predicted octanol–water partition coefficient (Wildman–Crippen LogP) is 3.49. The largest absolute Gasteiger partial charge is 0.324 e. The molecular weight excluding hydrogens is 259 g/mol. The summed E-state index contributed by atoms with van der Waals surface area (Å²) < 4.78 is 13.6. The van der Waals surface area contributed by atoms with E-state index in [9.17, 15) is 4.39 Å². The molecular formula is C12H12ClFN2S. The molecule has 1 atom stereocenters. The zero-order valence-electron chi connectivity index (χ0n) is 9.28. The van der Waals surface area contributed by atoms with Crippen molar-refractivity contribution in [2.75, 3.05) is 0 Å². The van der Waals surface area contributed by atoms with Crippen LogP contribution in [0, 0.1) is 12.7 Å². The van der Waals surface area contributed by atoms with Gasteiger partial charge in [0.25, 0.3) is 0 Å². The third-order valence-electron chi connectivity index (χ3n) is 2.42. The number of aromatic nitrogens is 1. The summed E-state index contributed by atoms with van der Waals surface area (Å²) in [6, 6.07) is 4.16. The van der Waals surface area contributed by atoms with Gasteiger partial charge in [-0.2, -0.15) is 0 Å². The van der Waals surface area contributed by atoms with Crippen LogP contribution in [0.3, 0.4) is 0 Å². The first kappa shape index (κ1) is 12.5. The third kappa shape index (κ3) is 3.03. The van der Waals surface area contributed by atoms with Gasteiger partial charge in [0, 0.05) is 34.1 Å². The van der Waals surface area contributed by atoms with Crippen molar-refractivity contribution in [3.8, 4) is 0 Å². The van der Waals surface area contributed by atoms with Gasteiger partial charge in [-0.15, -0.1) is 11.3 Å². The SMILES string of the molecule is Cc1csc(CC(N)c2ccc(Cl)cc2F)n1. The van der Waals surface area contributed by atoms with Gasteiger partial charge in [0.15, 0.2) is 0 Å². The maximum Gasteiger partial charge on any atom is 0.129 e. The van der Waals surface area contributed by atoms with Crippen LogP contribution in [0.25, 0.3) is 0 Å². The fourth-order valence-electron chi connectivity index (χ4n) is 1.60. The first-order chi connectivity index (χ1) is 8.06. The highest BCUT2D eigenvalue weighted by atomic mass is 35.5. The molecule has 2 N–H and O–H groups in total. The van der Waals surface area contributed by atoms with Crippen LogP contribution in [0.1, 0.15) is 22.3 Å². The van der Waals surface area contributed by atoms with Gasteiger partial charge in [-0.1, -0.05) is 17.7 Å². The van der Waals surface area contributed by atoms with E-state index in [1.54, 1.807) is 23.5 Å². The van der Waals surface area contributed by atoms with Crippen molar-refractivity contribution in [1.29, 1.82) is 0 Å². The quantitative estimate of drug-likeness (QED) is 0.927. The van der Waals surface area contributed by atoms with Crippen LogP contribution in [0.4, 0.5) is 4.39 Å². The summed E-state index contributed by atoms with van der Waals surface area (Å²) in [7, 11) is 0. The van der Waals surface area contributed by atoms with E-state index in [1.807, 2.05) is 12.3 Å². The number of rotatable bonds is 3. The molecule has 1 heterocycles. The van der Waals surface area contributed by atoms with E-state index in [1.165, 1.54) is 6.07 Å². The second-order valence-corrected chi connectivity index (χ2v) is 5.24. The van der Waals surface area contributed by atoms with Gasteiger partial charge >= 0.3 is 0 Å². The molecule has 2 rings (SSSR count). The van der Waals surface area contributed by atoms with Crippen molar-refractivity contribution in [3.05, 3.63) is 50.7 Å². The van der Waals surface area contributed by atoms with Crippen LogP contribution in [0.2, 0.25) is 5.02 Å². The minimum absolute atomic E-state index is 0.363. The molecule has 2 nitrogen and oxygen atoms in total. The number of nitrogens with two attached hydrogens (primary N) is 1. The Morgan fingerprint density at radius 3 is 2.88 bits per heavy atom. The van der Waals surface area contributed by atoms with Crippen LogP contribution in [0.5, 0.6) is 0 Å². The third-order valence-corrected chi connectivity index (χ3v) is 3.65. The molecule has 2 aromatic rings. The maximum absolute atomic E-state index is 13.6. The average Bonchev–Trinajstić information content (AvgIpc) is 2.63. The zero-order valence-corrected chi connectivity index (χ0v) is 10.9. The molecule has 0 radical (unpaired) electrons. The van der Waals surface area contributed by atoms with E-state index in [0.717, 1.165) is 10.7 Å². The van der Waals surface area contributed by atoms with Gasteiger partial charge in [0.1, 0.15) is 5.82 Å². The normalized spacial score (nSPS) is 12.7. The number of thiazole rings is 1. The summed E-state index contributed by atoms with van der Waals surface area (Å²) in [5, 5.41) is 3.26. The van der Waals surface area contributed by atoms with Crippen molar-refractivity contribution < 1.29 is 4.39 Å². The first-order valence-corrected chi connectivity index (χ1v) is 6.43. The lowest BCUT2D eigenvalue weighted by atomic mass is 10.0. The maximum atomic E-state index is 13.6. The van der Waals surface area contributed by atoms with Gasteiger partial charge in [-0.3, -0.25) is 0 Å². The van der Waals surface area contributed by atoms with Crippen LogP contribution in [-0.2, 0) is 6.42 Å². The van der Waals surface area contributed by atoms with Crippen molar-refractivity contribution in [3.63, 3.8) is 0 Å². The minimum Gasteiger partial charge on any atom is -0.324 e. The van der Waals surface area contributed by atoms with Gasteiger partial charge < -0.3 is 5.73 Å². The number of hydrogen-bond donors (Lipinski definition) is 1. The van der Waals surface area contributed by atoms with Crippen LogP contribution in [0.15, 0.2) is 23.6 Å². The van der Waals surface area contributed by atoms with Crippen molar-refractivity contribution in [2.45, 2.75) is 19.4 Å². The molecule has 0 fully saturated rings. The van der Waals surface area contributed by atoms with E-state index in [-0.39, 0.29) is 5.82 Å². The number of hydrogen-bond acceptors (Lipinski definition) is 3. The van der Waals surface area contributed by atoms with Gasteiger partial charge in [-0.05, 0) is 19.1 Å². The first-order valence-electron chi connectivity index (χ1n) is 5.18. The molecule has 0 aliphatic carbocycles. The predicted molar refractivity (Wildman–Crippen MR) is 68.9 cm³/mol. The summed E-state index contributed by atoms with van der Waals surface area (Å²) in [6.07, 6.45) is 0.539. The monoisotopic (exact) mass is 270 g/mol. The minimum atomic E-state index is -0.391. The van der Waals surface area contributed by atoms with E-state index in [0.29, 0.717) is 17.0 Å². The Balaban J connectivity index is 2.17. The molecule has 0 saturated heterocycles. The number of benzene rings is 1. The van der Waals surface area contributed by atoms with Crippen molar-refractivity contribution in [2.24, 2.45) is 5.73 Å². The lowest BCUT2D eigenvalue weighted by molar-refractivity contribution is 0.580. The molecule has 0 aliphatic rings. The molecule has 0 saturated carbocycles. The summed E-state index contributed by atoms with van der Waals surface area (Å²) in [4.78, 5) is 4.31. The summed E-state index contributed by atoms with van der Waals surface area (Å²) in [6.45, 7) is 1.92. The summed E-state index contributed by atoms with van der Waals surface area (Å²) in [5.41, 5.74) is 7.41. The molecule has 0 aliphatic heterocycles. The van der Waals surface area contributed by atoms with Crippen molar-refractivity contribution in [1.82, 2.24) is 4.98 Å². The molecule has 1 aromatic heterocycles. The van der Waals surface area contributed by atoms with E-state index in [2.05, 4.69) is 4.98 Å². The Bertz CT molecular complexity index is 527. The molecule has 0 bridgehead atoms. The Hall–Kier alpha value is -0.970. The molecule has 1 unspecified atom stereocenters. The molecule has 90 valence electrons. The molecule has 0 spiro atoms. The van der Waals surface area contributed by atoms with Gasteiger partial charge in [0.05, 0.1) is 5.01 Å². The van der Waals surface area contributed by atoms with Crippen LogP contribution >= 0.6 is 22.9 Å².